The van der Waals surface area contributed by atoms with Crippen molar-refractivity contribution in [3.63, 3.8) is 0 Å². The Morgan fingerprint density at radius 2 is 1.92 bits per heavy atom. The predicted molar refractivity (Wildman–Crippen MR) is 50.2 cm³/mol. The lowest BCUT2D eigenvalue weighted by molar-refractivity contribution is 0.00787. The van der Waals surface area contributed by atoms with E-state index in [1.807, 2.05) is 48.6 Å². The van der Waals surface area contributed by atoms with Crippen LogP contribution in [0.1, 0.15) is 0 Å². The van der Waals surface area contributed by atoms with Crippen LogP contribution >= 0.6 is 0 Å². The molecule has 2 rings (SSSR count). The maximum absolute atomic E-state index is 5.50. The third-order valence-electron chi connectivity index (χ3n) is 1.67. The highest BCUT2D eigenvalue weighted by Gasteiger charge is 2.06. The molecular weight excluding hydrogens is 164 g/mol. The second kappa shape index (κ2) is 3.81. The maximum Gasteiger partial charge on any atom is 0.260 e. The molecule has 1 aliphatic rings. The Kier molecular flexibility index (Phi) is 2.32. The molecule has 0 saturated heterocycles. The van der Waals surface area contributed by atoms with E-state index in [0.717, 1.165) is 5.75 Å². The van der Waals surface area contributed by atoms with E-state index in [0.29, 0.717) is 0 Å². The molecule has 0 amide bonds. The van der Waals surface area contributed by atoms with E-state index < -0.39 is 0 Å². The standard InChI is InChI=1S/C11H10O2/c1-2-6-10(7-3-1)13-11-8-4-5-9-12-11/h1-9,11H. The highest BCUT2D eigenvalue weighted by Crippen LogP contribution is 2.13. The van der Waals surface area contributed by atoms with Crippen molar-refractivity contribution >= 4 is 0 Å². The summed E-state index contributed by atoms with van der Waals surface area (Å²) in [5.74, 6) is 0.812. The highest BCUT2D eigenvalue weighted by atomic mass is 16.7. The molecule has 0 aliphatic carbocycles. The number of hydrogen-bond donors (Lipinski definition) is 0. The summed E-state index contributed by atoms with van der Waals surface area (Å²) in [6.07, 6.45) is 6.90. The third-order valence-corrected chi connectivity index (χ3v) is 1.67. The van der Waals surface area contributed by atoms with Gasteiger partial charge in [-0.25, -0.2) is 0 Å². The second-order valence-electron chi connectivity index (χ2n) is 2.65. The number of ether oxygens (including phenoxy) is 2. The first-order chi connectivity index (χ1) is 6.45. The van der Waals surface area contributed by atoms with Crippen molar-refractivity contribution in [3.05, 3.63) is 54.8 Å². The third kappa shape index (κ3) is 2.12. The van der Waals surface area contributed by atoms with Gasteiger partial charge in [0.1, 0.15) is 5.75 Å². The minimum absolute atomic E-state index is 0.299. The summed E-state index contributed by atoms with van der Waals surface area (Å²) in [6.45, 7) is 0. The van der Waals surface area contributed by atoms with Crippen LogP contribution in [-0.4, -0.2) is 6.29 Å². The Morgan fingerprint density at radius 3 is 2.62 bits per heavy atom. The van der Waals surface area contributed by atoms with Crippen LogP contribution in [0.4, 0.5) is 0 Å². The number of allylic oxidation sites excluding steroid dienone is 2. The number of rotatable bonds is 2. The molecule has 0 saturated carbocycles. The van der Waals surface area contributed by atoms with Gasteiger partial charge in [0.15, 0.2) is 0 Å². The van der Waals surface area contributed by atoms with Gasteiger partial charge in [-0.05, 0) is 24.3 Å². The Labute approximate surface area is 77.1 Å². The Balaban J connectivity index is 1.99. The summed E-state index contributed by atoms with van der Waals surface area (Å²) in [7, 11) is 0. The normalized spacial score (nSPS) is 19.5. The van der Waals surface area contributed by atoms with Gasteiger partial charge in [-0.3, -0.25) is 0 Å². The lowest BCUT2D eigenvalue weighted by Crippen LogP contribution is -2.16. The summed E-state index contributed by atoms with van der Waals surface area (Å²) >= 11 is 0. The zero-order chi connectivity index (χ0) is 8.93. The molecule has 1 unspecified atom stereocenters. The molecule has 66 valence electrons. The molecule has 0 spiro atoms. The van der Waals surface area contributed by atoms with Crippen molar-refractivity contribution in [1.29, 1.82) is 0 Å². The molecule has 0 aromatic heterocycles. The first kappa shape index (κ1) is 7.92. The molecule has 0 radical (unpaired) electrons. The van der Waals surface area contributed by atoms with E-state index in [2.05, 4.69) is 0 Å². The van der Waals surface area contributed by atoms with Crippen molar-refractivity contribution in [2.75, 3.05) is 0 Å². The van der Waals surface area contributed by atoms with Gasteiger partial charge in [0, 0.05) is 0 Å². The van der Waals surface area contributed by atoms with Gasteiger partial charge in [0.05, 0.1) is 6.26 Å². The monoisotopic (exact) mass is 174 g/mol. The Bertz CT molecular complexity index is 314. The van der Waals surface area contributed by atoms with Crippen molar-refractivity contribution in [2.45, 2.75) is 6.29 Å². The minimum atomic E-state index is -0.299. The summed E-state index contributed by atoms with van der Waals surface area (Å²) in [5.41, 5.74) is 0. The number of hydrogen-bond acceptors (Lipinski definition) is 2. The van der Waals surface area contributed by atoms with Gasteiger partial charge in [-0.15, -0.1) is 0 Å². The molecular formula is C11H10O2. The maximum atomic E-state index is 5.50. The predicted octanol–water partition coefficient (Wildman–Crippen LogP) is 2.49. The SMILES string of the molecule is C1=COC(Oc2ccccc2)C=C1. The number of benzene rings is 1. The van der Waals surface area contributed by atoms with Crippen LogP contribution in [0.2, 0.25) is 0 Å². The van der Waals surface area contributed by atoms with Crippen molar-refractivity contribution in [2.24, 2.45) is 0 Å². The average molecular weight is 174 g/mol. The lowest BCUT2D eigenvalue weighted by Gasteiger charge is -2.16. The first-order valence-corrected chi connectivity index (χ1v) is 4.16. The van der Waals surface area contributed by atoms with Crippen molar-refractivity contribution < 1.29 is 9.47 Å². The molecule has 0 N–H and O–H groups in total. The largest absolute Gasteiger partial charge is 0.459 e. The minimum Gasteiger partial charge on any atom is -0.459 e. The highest BCUT2D eigenvalue weighted by molar-refractivity contribution is 5.22. The Hall–Kier alpha value is -1.70. The van der Waals surface area contributed by atoms with Crippen LogP contribution in [0, 0.1) is 0 Å². The van der Waals surface area contributed by atoms with Crippen molar-refractivity contribution in [3.8, 4) is 5.75 Å². The quantitative estimate of drug-likeness (QED) is 0.685. The smallest absolute Gasteiger partial charge is 0.260 e. The molecule has 1 aromatic rings. The fourth-order valence-electron chi connectivity index (χ4n) is 1.07. The first-order valence-electron chi connectivity index (χ1n) is 4.16. The molecule has 0 fully saturated rings. The summed E-state index contributed by atoms with van der Waals surface area (Å²) < 4.78 is 10.7. The molecule has 13 heavy (non-hydrogen) atoms. The van der Waals surface area contributed by atoms with E-state index in [4.69, 9.17) is 9.47 Å². The average Bonchev–Trinajstić information content (AvgIpc) is 2.21. The van der Waals surface area contributed by atoms with E-state index in [9.17, 15) is 0 Å². The van der Waals surface area contributed by atoms with Crippen LogP contribution in [0.25, 0.3) is 0 Å². The molecule has 0 bridgehead atoms. The van der Waals surface area contributed by atoms with Gasteiger partial charge >= 0.3 is 0 Å². The van der Waals surface area contributed by atoms with E-state index in [-0.39, 0.29) is 6.29 Å². The van der Waals surface area contributed by atoms with Gasteiger partial charge in [-0.1, -0.05) is 24.3 Å². The summed E-state index contributed by atoms with van der Waals surface area (Å²) in [6, 6.07) is 9.60. The topological polar surface area (TPSA) is 18.5 Å². The van der Waals surface area contributed by atoms with E-state index >= 15 is 0 Å². The van der Waals surface area contributed by atoms with Gasteiger partial charge in [0.25, 0.3) is 6.29 Å². The van der Waals surface area contributed by atoms with Crippen LogP contribution in [0.15, 0.2) is 54.8 Å². The van der Waals surface area contributed by atoms with E-state index in [1.165, 1.54) is 0 Å². The molecule has 1 aromatic carbocycles. The molecule has 2 nitrogen and oxygen atoms in total. The summed E-state index contributed by atoms with van der Waals surface area (Å²) in [4.78, 5) is 0. The van der Waals surface area contributed by atoms with Crippen LogP contribution in [0.5, 0.6) is 5.75 Å². The second-order valence-corrected chi connectivity index (χ2v) is 2.65. The van der Waals surface area contributed by atoms with Gasteiger partial charge in [0.2, 0.25) is 0 Å². The van der Waals surface area contributed by atoms with Crippen LogP contribution in [-0.2, 0) is 4.74 Å². The zero-order valence-electron chi connectivity index (χ0n) is 7.09. The van der Waals surface area contributed by atoms with E-state index in [1.54, 1.807) is 6.26 Å². The zero-order valence-corrected chi connectivity index (χ0v) is 7.09. The van der Waals surface area contributed by atoms with Gasteiger partial charge < -0.3 is 9.47 Å². The molecule has 2 heteroatoms. The lowest BCUT2D eigenvalue weighted by atomic mass is 10.3. The van der Waals surface area contributed by atoms with Crippen LogP contribution < -0.4 is 4.74 Å². The molecule has 1 atom stereocenters. The molecule has 1 heterocycles. The van der Waals surface area contributed by atoms with Crippen LogP contribution in [0.3, 0.4) is 0 Å². The molecule has 1 aliphatic heterocycles. The summed E-state index contributed by atoms with van der Waals surface area (Å²) in [5, 5.41) is 0. The van der Waals surface area contributed by atoms with Gasteiger partial charge in [-0.2, -0.15) is 0 Å². The fraction of sp³-hybridized carbons (Fsp3) is 0.0909. The Morgan fingerprint density at radius 1 is 1.08 bits per heavy atom. The fourth-order valence-corrected chi connectivity index (χ4v) is 1.07. The number of para-hydroxylation sites is 1. The van der Waals surface area contributed by atoms with Crippen molar-refractivity contribution in [1.82, 2.24) is 0 Å².